The van der Waals surface area contributed by atoms with Gasteiger partial charge < -0.3 is 11.1 Å². The van der Waals surface area contributed by atoms with Crippen molar-refractivity contribution in [2.75, 3.05) is 0 Å². The van der Waals surface area contributed by atoms with Crippen molar-refractivity contribution in [1.82, 2.24) is 5.32 Å². The van der Waals surface area contributed by atoms with E-state index in [9.17, 15) is 0 Å². The molecule has 0 aliphatic heterocycles. The summed E-state index contributed by atoms with van der Waals surface area (Å²) < 4.78 is 0.386. The predicted molar refractivity (Wildman–Crippen MR) is 42.9 cm³/mol. The van der Waals surface area contributed by atoms with Gasteiger partial charge in [-0.2, -0.15) is 0 Å². The lowest BCUT2D eigenvalue weighted by Gasteiger charge is -2.05. The van der Waals surface area contributed by atoms with Crippen molar-refractivity contribution in [1.29, 1.82) is 0 Å². The molecule has 4 heteroatoms. The third kappa shape index (κ3) is 4.11. The summed E-state index contributed by atoms with van der Waals surface area (Å²) in [4.78, 5) is 0. The van der Waals surface area contributed by atoms with E-state index < -0.39 is 0 Å². The molecule has 0 heterocycles. The highest BCUT2D eigenvalue weighted by Crippen LogP contribution is 1.79. The number of nitrogens with two attached hydrogens (primary N) is 1. The Labute approximate surface area is 59.5 Å². The van der Waals surface area contributed by atoms with Crippen molar-refractivity contribution in [3.8, 4) is 0 Å². The molecule has 0 saturated heterocycles. The molecule has 1 atom stereocenters. The molecule has 0 aromatic carbocycles. The number of thiocarbonyl (C=S) groups is 1. The van der Waals surface area contributed by atoms with E-state index >= 15 is 0 Å². The topological polar surface area (TPSA) is 38.0 Å². The van der Waals surface area contributed by atoms with Gasteiger partial charge in [-0.25, -0.2) is 0 Å². The molecule has 46 valence electrons. The SMILES string of the molecule is C=CC(N)NC(=S)S. The van der Waals surface area contributed by atoms with E-state index in [4.69, 9.17) is 5.73 Å². The average Bonchev–Trinajstić information content (AvgIpc) is 1.65. The van der Waals surface area contributed by atoms with Gasteiger partial charge in [0.15, 0.2) is 0 Å². The average molecular weight is 148 g/mol. The molecule has 0 bridgehead atoms. The second-order valence-corrected chi connectivity index (χ2v) is 2.37. The third-order valence-corrected chi connectivity index (χ3v) is 0.791. The van der Waals surface area contributed by atoms with E-state index in [0.29, 0.717) is 4.32 Å². The molecular weight excluding hydrogens is 140 g/mol. The van der Waals surface area contributed by atoms with Gasteiger partial charge >= 0.3 is 0 Å². The van der Waals surface area contributed by atoms with Crippen molar-refractivity contribution in [3.63, 3.8) is 0 Å². The molecular formula is C4H8N2S2. The Balaban J connectivity index is 3.38. The maximum absolute atomic E-state index is 5.31. The lowest BCUT2D eigenvalue weighted by Crippen LogP contribution is -2.36. The first-order valence-electron chi connectivity index (χ1n) is 2.04. The first-order valence-corrected chi connectivity index (χ1v) is 2.90. The van der Waals surface area contributed by atoms with Crippen LogP contribution in [0.3, 0.4) is 0 Å². The fourth-order valence-electron chi connectivity index (χ4n) is 0.202. The smallest absolute Gasteiger partial charge is 0.132 e. The van der Waals surface area contributed by atoms with Gasteiger partial charge in [-0.3, -0.25) is 0 Å². The first kappa shape index (κ1) is 7.94. The van der Waals surface area contributed by atoms with Crippen LogP contribution in [0.25, 0.3) is 0 Å². The Kier molecular flexibility index (Phi) is 3.85. The Morgan fingerprint density at radius 3 is 2.62 bits per heavy atom. The molecule has 2 nitrogen and oxygen atoms in total. The summed E-state index contributed by atoms with van der Waals surface area (Å²) in [5, 5.41) is 2.65. The van der Waals surface area contributed by atoms with Crippen LogP contribution in [0.2, 0.25) is 0 Å². The second-order valence-electron chi connectivity index (χ2n) is 1.21. The summed E-state index contributed by atoms with van der Waals surface area (Å²) in [7, 11) is 0. The minimum atomic E-state index is -0.278. The van der Waals surface area contributed by atoms with Crippen molar-refractivity contribution >= 4 is 29.2 Å². The van der Waals surface area contributed by atoms with E-state index in [2.05, 4.69) is 36.7 Å². The molecule has 0 aromatic rings. The summed E-state index contributed by atoms with van der Waals surface area (Å²) >= 11 is 8.35. The van der Waals surface area contributed by atoms with Crippen LogP contribution in [0.1, 0.15) is 0 Å². The van der Waals surface area contributed by atoms with Crippen molar-refractivity contribution < 1.29 is 0 Å². The second kappa shape index (κ2) is 3.88. The molecule has 0 aliphatic rings. The lowest BCUT2D eigenvalue weighted by molar-refractivity contribution is 0.785. The molecule has 8 heavy (non-hydrogen) atoms. The summed E-state index contributed by atoms with van der Waals surface area (Å²) in [6, 6.07) is 0. The molecule has 0 spiro atoms. The standard InChI is InChI=1S/C4H8N2S2/c1-2-3(5)6-4(7)8/h2-3H,1,5H2,(H2,6,7,8). The molecule has 3 N–H and O–H groups in total. The van der Waals surface area contributed by atoms with Gasteiger partial charge in [0, 0.05) is 0 Å². The number of thiol groups is 1. The Morgan fingerprint density at radius 1 is 2.00 bits per heavy atom. The summed E-state index contributed by atoms with van der Waals surface area (Å²) in [6.45, 7) is 3.43. The molecule has 0 amide bonds. The maximum Gasteiger partial charge on any atom is 0.132 e. The fraction of sp³-hybridized carbons (Fsp3) is 0.250. The van der Waals surface area contributed by atoms with Crippen LogP contribution in [0.5, 0.6) is 0 Å². The van der Waals surface area contributed by atoms with Crippen molar-refractivity contribution in [3.05, 3.63) is 12.7 Å². The zero-order valence-electron chi connectivity index (χ0n) is 4.29. The normalized spacial score (nSPS) is 12.2. The summed E-state index contributed by atoms with van der Waals surface area (Å²) in [5.74, 6) is 0. The largest absolute Gasteiger partial charge is 0.353 e. The highest BCUT2D eigenvalue weighted by molar-refractivity contribution is 8.11. The Hall–Kier alpha value is -0.0600. The zero-order chi connectivity index (χ0) is 6.57. The first-order chi connectivity index (χ1) is 3.66. The monoisotopic (exact) mass is 148 g/mol. The number of hydrogen-bond acceptors (Lipinski definition) is 2. The van der Waals surface area contributed by atoms with Crippen LogP contribution in [-0.4, -0.2) is 10.5 Å². The quantitative estimate of drug-likeness (QED) is 0.228. The fourth-order valence-corrected chi connectivity index (χ4v) is 0.487. The predicted octanol–water partition coefficient (Wildman–Crippen LogP) is 0.261. The molecule has 0 aliphatic carbocycles. The van der Waals surface area contributed by atoms with E-state index in [1.165, 1.54) is 0 Å². The lowest BCUT2D eigenvalue weighted by atomic mass is 10.5. The minimum absolute atomic E-state index is 0.278. The zero-order valence-corrected chi connectivity index (χ0v) is 6.01. The van der Waals surface area contributed by atoms with Gasteiger partial charge in [-0.15, -0.1) is 12.6 Å². The van der Waals surface area contributed by atoms with Gasteiger partial charge in [0.25, 0.3) is 0 Å². The van der Waals surface area contributed by atoms with Crippen LogP contribution in [0, 0.1) is 0 Å². The summed E-state index contributed by atoms with van der Waals surface area (Å²) in [6.07, 6.45) is 1.27. The van der Waals surface area contributed by atoms with Crippen molar-refractivity contribution in [2.24, 2.45) is 5.73 Å². The Bertz CT molecular complexity index is 102. The number of nitrogens with one attached hydrogen (secondary N) is 1. The number of hydrogen-bond donors (Lipinski definition) is 3. The Morgan fingerprint density at radius 2 is 2.50 bits per heavy atom. The van der Waals surface area contributed by atoms with Crippen LogP contribution in [0.4, 0.5) is 0 Å². The van der Waals surface area contributed by atoms with E-state index in [0.717, 1.165) is 0 Å². The van der Waals surface area contributed by atoms with Gasteiger partial charge in [0.05, 0.1) is 6.17 Å². The molecule has 0 aromatic heterocycles. The molecule has 0 saturated carbocycles. The van der Waals surface area contributed by atoms with Crippen LogP contribution in [0.15, 0.2) is 12.7 Å². The maximum atomic E-state index is 5.31. The van der Waals surface area contributed by atoms with Gasteiger partial charge in [-0.05, 0) is 0 Å². The van der Waals surface area contributed by atoms with Crippen molar-refractivity contribution in [2.45, 2.75) is 6.17 Å². The van der Waals surface area contributed by atoms with Gasteiger partial charge in [0.1, 0.15) is 4.32 Å². The highest BCUT2D eigenvalue weighted by atomic mass is 32.1. The molecule has 0 fully saturated rings. The van der Waals surface area contributed by atoms with Crippen LogP contribution < -0.4 is 11.1 Å². The van der Waals surface area contributed by atoms with Crippen LogP contribution in [-0.2, 0) is 0 Å². The summed E-state index contributed by atoms with van der Waals surface area (Å²) in [5.41, 5.74) is 5.31. The van der Waals surface area contributed by atoms with E-state index in [1.807, 2.05) is 0 Å². The minimum Gasteiger partial charge on any atom is -0.353 e. The van der Waals surface area contributed by atoms with E-state index in [-0.39, 0.29) is 6.17 Å². The van der Waals surface area contributed by atoms with Crippen LogP contribution >= 0.6 is 24.8 Å². The molecule has 1 unspecified atom stereocenters. The molecule has 0 radical (unpaired) electrons. The van der Waals surface area contributed by atoms with Gasteiger partial charge in [-0.1, -0.05) is 24.9 Å². The van der Waals surface area contributed by atoms with E-state index in [1.54, 1.807) is 6.08 Å². The van der Waals surface area contributed by atoms with Gasteiger partial charge in [0.2, 0.25) is 0 Å². The third-order valence-electron chi connectivity index (χ3n) is 0.544. The highest BCUT2D eigenvalue weighted by Gasteiger charge is 1.91. The molecule has 0 rings (SSSR count). The number of rotatable bonds is 2.